The molecule has 0 aliphatic carbocycles. The molecule has 6 heteroatoms. The monoisotopic (exact) mass is 322 g/mol. The molecule has 1 N–H and O–H groups in total. The molecule has 1 aliphatic rings. The zero-order chi connectivity index (χ0) is 16.8. The van der Waals surface area contributed by atoms with Gasteiger partial charge in [-0.1, -0.05) is 20.8 Å². The zero-order valence-electron chi connectivity index (χ0n) is 14.8. The van der Waals surface area contributed by atoms with Gasteiger partial charge in [0.25, 0.3) is 5.91 Å². The quantitative estimate of drug-likeness (QED) is 0.826. The minimum Gasteiger partial charge on any atom is -0.379 e. The Morgan fingerprint density at radius 1 is 1.39 bits per heavy atom. The molecule has 0 spiro atoms. The summed E-state index contributed by atoms with van der Waals surface area (Å²) in [5, 5.41) is 7.51. The lowest BCUT2D eigenvalue weighted by molar-refractivity contribution is 0.0159. The van der Waals surface area contributed by atoms with Crippen molar-refractivity contribution in [2.24, 2.45) is 13.0 Å². The molecule has 2 rings (SSSR count). The maximum Gasteiger partial charge on any atom is 0.269 e. The van der Waals surface area contributed by atoms with E-state index in [1.54, 1.807) is 4.68 Å². The third-order valence-corrected chi connectivity index (χ3v) is 4.31. The summed E-state index contributed by atoms with van der Waals surface area (Å²) in [7, 11) is 1.83. The maximum atomic E-state index is 12.5. The lowest BCUT2D eigenvalue weighted by Gasteiger charge is -2.34. The van der Waals surface area contributed by atoms with Crippen molar-refractivity contribution in [2.75, 3.05) is 32.8 Å². The number of morpholine rings is 1. The predicted octanol–water partition coefficient (Wildman–Crippen LogP) is 1.46. The molecule has 130 valence electrons. The summed E-state index contributed by atoms with van der Waals surface area (Å²) in [6.07, 6.45) is 1.91. The van der Waals surface area contributed by atoms with Crippen LogP contribution in [0.2, 0.25) is 0 Å². The Bertz CT molecular complexity index is 507. The molecular weight excluding hydrogens is 292 g/mol. The summed E-state index contributed by atoms with van der Waals surface area (Å²) >= 11 is 0. The number of hydrogen-bond donors (Lipinski definition) is 1. The van der Waals surface area contributed by atoms with Crippen LogP contribution in [0, 0.1) is 5.92 Å². The molecule has 0 bridgehead atoms. The molecule has 0 radical (unpaired) electrons. The number of nitrogens with one attached hydrogen (secondary N) is 1. The molecule has 23 heavy (non-hydrogen) atoms. The fraction of sp³-hybridized carbons (Fsp3) is 0.765. The largest absolute Gasteiger partial charge is 0.379 e. The second kappa shape index (κ2) is 8.45. The van der Waals surface area contributed by atoms with E-state index >= 15 is 0 Å². The van der Waals surface area contributed by atoms with E-state index in [4.69, 9.17) is 4.74 Å². The summed E-state index contributed by atoms with van der Waals surface area (Å²) in [6.45, 7) is 10.6. The van der Waals surface area contributed by atoms with E-state index in [1.807, 2.05) is 13.1 Å². The van der Waals surface area contributed by atoms with Crippen LogP contribution in [0.1, 0.15) is 43.4 Å². The minimum absolute atomic E-state index is 0.0401. The van der Waals surface area contributed by atoms with E-state index in [0.29, 0.717) is 24.2 Å². The van der Waals surface area contributed by atoms with Crippen LogP contribution < -0.4 is 5.32 Å². The second-order valence-corrected chi connectivity index (χ2v) is 6.66. The van der Waals surface area contributed by atoms with Crippen LogP contribution in [0.5, 0.6) is 0 Å². The number of aryl methyl sites for hydroxylation is 1. The van der Waals surface area contributed by atoms with Crippen LogP contribution in [-0.4, -0.2) is 59.5 Å². The smallest absolute Gasteiger partial charge is 0.269 e. The number of carbonyl (C=O) groups excluding carboxylic acids is 1. The topological polar surface area (TPSA) is 59.4 Å². The molecule has 0 saturated carbocycles. The Kier molecular flexibility index (Phi) is 6.59. The van der Waals surface area contributed by atoms with Crippen molar-refractivity contribution in [3.8, 4) is 0 Å². The first-order chi connectivity index (χ1) is 11.0. The highest BCUT2D eigenvalue weighted by Crippen LogP contribution is 2.10. The SMILES string of the molecule is CC[C@@H](CNC(=O)c1cc(CC(C)C)nn1C)N1CCOCC1. The fourth-order valence-electron chi connectivity index (χ4n) is 3.03. The van der Waals surface area contributed by atoms with Crippen molar-refractivity contribution < 1.29 is 9.53 Å². The molecule has 1 atom stereocenters. The van der Waals surface area contributed by atoms with Crippen molar-refractivity contribution in [1.29, 1.82) is 0 Å². The molecule has 1 aliphatic heterocycles. The maximum absolute atomic E-state index is 12.5. The molecule has 1 amide bonds. The van der Waals surface area contributed by atoms with Crippen LogP contribution in [0.15, 0.2) is 6.07 Å². The molecule has 0 unspecified atom stereocenters. The fourth-order valence-corrected chi connectivity index (χ4v) is 3.03. The van der Waals surface area contributed by atoms with E-state index in [9.17, 15) is 4.79 Å². The lowest BCUT2D eigenvalue weighted by atomic mass is 10.1. The predicted molar refractivity (Wildman–Crippen MR) is 90.6 cm³/mol. The molecule has 1 aromatic rings. The average Bonchev–Trinajstić information content (AvgIpc) is 2.88. The standard InChI is InChI=1S/C17H30N4O2/c1-5-15(21-6-8-23-9-7-21)12-18-17(22)16-11-14(10-13(2)3)19-20(16)4/h11,13,15H,5-10,12H2,1-4H3,(H,18,22)/t15-/m0/s1. The highest BCUT2D eigenvalue weighted by Gasteiger charge is 2.21. The lowest BCUT2D eigenvalue weighted by Crippen LogP contribution is -2.48. The molecule has 6 nitrogen and oxygen atoms in total. The van der Waals surface area contributed by atoms with Gasteiger partial charge in [-0.3, -0.25) is 14.4 Å². The third-order valence-electron chi connectivity index (χ3n) is 4.31. The molecule has 1 fully saturated rings. The van der Waals surface area contributed by atoms with Gasteiger partial charge in [0.1, 0.15) is 5.69 Å². The Morgan fingerprint density at radius 3 is 2.70 bits per heavy atom. The van der Waals surface area contributed by atoms with Crippen LogP contribution in [0.4, 0.5) is 0 Å². The second-order valence-electron chi connectivity index (χ2n) is 6.66. The van der Waals surface area contributed by atoms with E-state index in [2.05, 4.69) is 36.1 Å². The molecule has 1 aromatic heterocycles. The molecule has 2 heterocycles. The first-order valence-corrected chi connectivity index (χ1v) is 8.64. The van der Waals surface area contributed by atoms with Gasteiger partial charge in [-0.2, -0.15) is 5.10 Å². The van der Waals surface area contributed by atoms with Gasteiger partial charge < -0.3 is 10.1 Å². The summed E-state index contributed by atoms with van der Waals surface area (Å²) in [5.41, 5.74) is 1.62. The number of ether oxygens (including phenoxy) is 1. The van der Waals surface area contributed by atoms with E-state index in [-0.39, 0.29) is 5.91 Å². The van der Waals surface area contributed by atoms with Crippen molar-refractivity contribution in [2.45, 2.75) is 39.7 Å². The van der Waals surface area contributed by atoms with Gasteiger partial charge in [0.2, 0.25) is 0 Å². The average molecular weight is 322 g/mol. The Balaban J connectivity index is 1.91. The molecule has 0 aromatic carbocycles. The molecular formula is C17H30N4O2. The van der Waals surface area contributed by atoms with Crippen LogP contribution in [0.3, 0.4) is 0 Å². The summed E-state index contributed by atoms with van der Waals surface area (Å²) in [5.74, 6) is 0.494. The summed E-state index contributed by atoms with van der Waals surface area (Å²) in [6, 6.07) is 2.27. The van der Waals surface area contributed by atoms with E-state index in [0.717, 1.165) is 44.8 Å². The summed E-state index contributed by atoms with van der Waals surface area (Å²) < 4.78 is 7.08. The van der Waals surface area contributed by atoms with Crippen molar-refractivity contribution in [3.05, 3.63) is 17.5 Å². The minimum atomic E-state index is -0.0401. The number of aromatic nitrogens is 2. The van der Waals surface area contributed by atoms with E-state index in [1.165, 1.54) is 0 Å². The number of carbonyl (C=O) groups is 1. The molecule has 1 saturated heterocycles. The van der Waals surface area contributed by atoms with Gasteiger partial charge in [0, 0.05) is 32.7 Å². The zero-order valence-corrected chi connectivity index (χ0v) is 14.8. The summed E-state index contributed by atoms with van der Waals surface area (Å²) in [4.78, 5) is 14.9. The van der Waals surface area contributed by atoms with Crippen LogP contribution >= 0.6 is 0 Å². The number of nitrogens with zero attached hydrogens (tertiary/aromatic N) is 3. The van der Waals surface area contributed by atoms with Gasteiger partial charge in [0.05, 0.1) is 18.9 Å². The van der Waals surface area contributed by atoms with Crippen molar-refractivity contribution in [1.82, 2.24) is 20.0 Å². The Hall–Kier alpha value is -1.40. The first-order valence-electron chi connectivity index (χ1n) is 8.64. The van der Waals surface area contributed by atoms with Gasteiger partial charge in [-0.15, -0.1) is 0 Å². The number of amides is 1. The van der Waals surface area contributed by atoms with Crippen molar-refractivity contribution >= 4 is 5.91 Å². The van der Waals surface area contributed by atoms with Gasteiger partial charge in [-0.05, 0) is 24.8 Å². The third kappa shape index (κ3) is 5.04. The van der Waals surface area contributed by atoms with Gasteiger partial charge in [0.15, 0.2) is 0 Å². The Morgan fingerprint density at radius 2 is 2.09 bits per heavy atom. The van der Waals surface area contributed by atoms with Crippen LogP contribution in [0.25, 0.3) is 0 Å². The highest BCUT2D eigenvalue weighted by atomic mass is 16.5. The number of rotatable bonds is 7. The van der Waals surface area contributed by atoms with E-state index < -0.39 is 0 Å². The Labute approximate surface area is 139 Å². The first kappa shape index (κ1) is 17.9. The van der Waals surface area contributed by atoms with Crippen LogP contribution in [-0.2, 0) is 18.2 Å². The van der Waals surface area contributed by atoms with Crippen molar-refractivity contribution in [3.63, 3.8) is 0 Å². The number of hydrogen-bond acceptors (Lipinski definition) is 4. The normalized spacial score (nSPS) is 17.4. The van der Waals surface area contributed by atoms with Gasteiger partial charge in [-0.25, -0.2) is 0 Å². The highest BCUT2D eigenvalue weighted by molar-refractivity contribution is 5.92. The van der Waals surface area contributed by atoms with Gasteiger partial charge >= 0.3 is 0 Å².